The SMILES string of the molecule is CCC(C)(ONc1cccc(CC2=CCCNCC=C2)c1C)C(C)(C)O. The van der Waals surface area contributed by atoms with Crippen LogP contribution in [0, 0.1) is 6.92 Å². The molecule has 1 aliphatic rings. The lowest BCUT2D eigenvalue weighted by atomic mass is 9.85. The van der Waals surface area contributed by atoms with E-state index in [1.165, 1.54) is 16.7 Å². The van der Waals surface area contributed by atoms with Gasteiger partial charge >= 0.3 is 0 Å². The first-order valence-electron chi connectivity index (χ1n) is 9.58. The molecule has 0 aromatic heterocycles. The number of hydrogen-bond donors (Lipinski definition) is 3. The summed E-state index contributed by atoms with van der Waals surface area (Å²) in [6.07, 6.45) is 9.37. The monoisotopic (exact) mass is 358 g/mol. The van der Waals surface area contributed by atoms with Crippen LogP contribution in [-0.2, 0) is 11.3 Å². The lowest BCUT2D eigenvalue weighted by molar-refractivity contribution is -0.143. The van der Waals surface area contributed by atoms with Crippen molar-refractivity contribution in [3.8, 4) is 0 Å². The summed E-state index contributed by atoms with van der Waals surface area (Å²) in [7, 11) is 0. The first kappa shape index (κ1) is 20.7. The van der Waals surface area contributed by atoms with E-state index in [0.717, 1.165) is 31.6 Å². The van der Waals surface area contributed by atoms with Crippen molar-refractivity contribution in [2.24, 2.45) is 0 Å². The fraction of sp³-hybridized carbons (Fsp3) is 0.545. The van der Waals surface area contributed by atoms with Gasteiger partial charge in [-0.2, -0.15) is 0 Å². The van der Waals surface area contributed by atoms with E-state index >= 15 is 0 Å². The molecule has 0 saturated heterocycles. The topological polar surface area (TPSA) is 53.5 Å². The molecule has 1 heterocycles. The van der Waals surface area contributed by atoms with Crippen molar-refractivity contribution < 1.29 is 9.94 Å². The number of hydrogen-bond acceptors (Lipinski definition) is 4. The largest absolute Gasteiger partial charge is 0.387 e. The Morgan fingerprint density at radius 1 is 1.27 bits per heavy atom. The zero-order valence-corrected chi connectivity index (χ0v) is 16.9. The molecule has 0 spiro atoms. The van der Waals surface area contributed by atoms with E-state index in [1.807, 2.05) is 19.9 Å². The van der Waals surface area contributed by atoms with Crippen molar-refractivity contribution in [3.63, 3.8) is 0 Å². The van der Waals surface area contributed by atoms with Gasteiger partial charge in [0.1, 0.15) is 5.60 Å². The maximum absolute atomic E-state index is 10.4. The van der Waals surface area contributed by atoms with E-state index in [4.69, 9.17) is 4.84 Å². The Labute approximate surface area is 158 Å². The van der Waals surface area contributed by atoms with Crippen LogP contribution in [-0.4, -0.2) is 29.4 Å². The highest BCUT2D eigenvalue weighted by atomic mass is 16.7. The molecule has 144 valence electrons. The average Bonchev–Trinajstić information content (AvgIpc) is 2.56. The van der Waals surface area contributed by atoms with Crippen LogP contribution in [0.2, 0.25) is 0 Å². The molecule has 0 radical (unpaired) electrons. The highest BCUT2D eigenvalue weighted by molar-refractivity contribution is 5.54. The van der Waals surface area contributed by atoms with Crippen LogP contribution in [0.1, 0.15) is 51.7 Å². The van der Waals surface area contributed by atoms with Crippen LogP contribution in [0.3, 0.4) is 0 Å². The third-order valence-corrected chi connectivity index (χ3v) is 5.52. The molecule has 1 aromatic carbocycles. The van der Waals surface area contributed by atoms with E-state index in [2.05, 4.69) is 48.1 Å². The Hall–Kier alpha value is -1.62. The van der Waals surface area contributed by atoms with Crippen LogP contribution in [0.5, 0.6) is 0 Å². The molecule has 1 aromatic rings. The molecule has 3 N–H and O–H groups in total. The van der Waals surface area contributed by atoms with Gasteiger partial charge in [-0.05, 0) is 76.3 Å². The molecule has 0 bridgehead atoms. The first-order chi connectivity index (χ1) is 12.3. The van der Waals surface area contributed by atoms with Crippen molar-refractivity contribution in [1.82, 2.24) is 5.32 Å². The molecule has 0 fully saturated rings. The average molecular weight is 359 g/mol. The lowest BCUT2D eigenvalue weighted by Crippen LogP contribution is -2.50. The van der Waals surface area contributed by atoms with Gasteiger partial charge < -0.3 is 10.4 Å². The molecule has 1 unspecified atom stereocenters. The normalized spacial score (nSPS) is 17.8. The van der Waals surface area contributed by atoms with Crippen LogP contribution >= 0.6 is 0 Å². The third-order valence-electron chi connectivity index (χ3n) is 5.52. The zero-order chi connectivity index (χ0) is 19.2. The first-order valence-corrected chi connectivity index (χ1v) is 9.58. The summed E-state index contributed by atoms with van der Waals surface area (Å²) in [4.78, 5) is 5.95. The van der Waals surface area contributed by atoms with Gasteiger partial charge in [-0.25, -0.2) is 0 Å². The number of allylic oxidation sites excluding steroid dienone is 2. The van der Waals surface area contributed by atoms with E-state index in [0.29, 0.717) is 6.42 Å². The smallest absolute Gasteiger partial charge is 0.121 e. The molecule has 4 nitrogen and oxygen atoms in total. The third kappa shape index (κ3) is 5.19. The second-order valence-corrected chi connectivity index (χ2v) is 7.79. The fourth-order valence-electron chi connectivity index (χ4n) is 2.96. The number of aliphatic hydroxyl groups is 1. The maximum Gasteiger partial charge on any atom is 0.121 e. The molecule has 1 atom stereocenters. The molecule has 2 rings (SSSR count). The highest BCUT2D eigenvalue weighted by Gasteiger charge is 2.40. The van der Waals surface area contributed by atoms with Crippen LogP contribution in [0.25, 0.3) is 0 Å². The predicted molar refractivity (Wildman–Crippen MR) is 109 cm³/mol. The molecule has 4 heteroatoms. The van der Waals surface area contributed by atoms with Crippen molar-refractivity contribution in [2.75, 3.05) is 18.6 Å². The van der Waals surface area contributed by atoms with Gasteiger partial charge in [0, 0.05) is 6.54 Å². The summed E-state index contributed by atoms with van der Waals surface area (Å²) in [6.45, 7) is 11.6. The van der Waals surface area contributed by atoms with Crippen molar-refractivity contribution in [1.29, 1.82) is 0 Å². The fourth-order valence-corrected chi connectivity index (χ4v) is 2.96. The van der Waals surface area contributed by atoms with Gasteiger partial charge in [0.2, 0.25) is 0 Å². The molecule has 1 aliphatic heterocycles. The summed E-state index contributed by atoms with van der Waals surface area (Å²) < 4.78 is 0. The van der Waals surface area contributed by atoms with E-state index in [1.54, 1.807) is 13.8 Å². The minimum Gasteiger partial charge on any atom is -0.387 e. The summed E-state index contributed by atoms with van der Waals surface area (Å²) in [5.41, 5.74) is 6.24. The molecule has 0 saturated carbocycles. The predicted octanol–water partition coefficient (Wildman–Crippen LogP) is 4.30. The molecular weight excluding hydrogens is 324 g/mol. The van der Waals surface area contributed by atoms with Gasteiger partial charge in [0.05, 0.1) is 11.3 Å². The van der Waals surface area contributed by atoms with Gasteiger partial charge in [-0.15, -0.1) is 0 Å². The van der Waals surface area contributed by atoms with Gasteiger partial charge in [0.15, 0.2) is 0 Å². The standard InChI is InChI=1S/C22H34N2O2/c1-6-22(5,21(3,4)25)26-24-20-13-7-12-19(17(20)2)16-18-10-8-14-23-15-9-11-18/h7-8,10-13,23-25H,6,9,14-16H2,1-5H3. The zero-order valence-electron chi connectivity index (χ0n) is 16.9. The van der Waals surface area contributed by atoms with E-state index in [-0.39, 0.29) is 0 Å². The Morgan fingerprint density at radius 3 is 2.73 bits per heavy atom. The quantitative estimate of drug-likeness (QED) is 0.636. The van der Waals surface area contributed by atoms with Crippen molar-refractivity contribution in [3.05, 3.63) is 53.1 Å². The van der Waals surface area contributed by atoms with Gasteiger partial charge in [0.25, 0.3) is 0 Å². The highest BCUT2D eigenvalue weighted by Crippen LogP contribution is 2.30. The van der Waals surface area contributed by atoms with Gasteiger partial charge in [-0.3, -0.25) is 10.3 Å². The molecule has 0 aliphatic carbocycles. The Morgan fingerprint density at radius 2 is 2.04 bits per heavy atom. The number of anilines is 1. The number of rotatable bonds is 7. The molecular formula is C22H34N2O2. The van der Waals surface area contributed by atoms with E-state index < -0.39 is 11.2 Å². The summed E-state index contributed by atoms with van der Waals surface area (Å²) in [5.74, 6) is 0. The second kappa shape index (κ2) is 8.85. The van der Waals surface area contributed by atoms with Crippen molar-refractivity contribution in [2.45, 2.75) is 65.1 Å². The van der Waals surface area contributed by atoms with Crippen LogP contribution in [0.15, 0.2) is 42.0 Å². The Bertz CT molecular complexity index is 659. The van der Waals surface area contributed by atoms with E-state index in [9.17, 15) is 5.11 Å². The summed E-state index contributed by atoms with van der Waals surface area (Å²) >= 11 is 0. The second-order valence-electron chi connectivity index (χ2n) is 7.79. The van der Waals surface area contributed by atoms with Crippen LogP contribution < -0.4 is 10.8 Å². The summed E-state index contributed by atoms with van der Waals surface area (Å²) in [5, 5.41) is 13.8. The maximum atomic E-state index is 10.4. The number of benzene rings is 1. The Kier molecular flexibility index (Phi) is 7.04. The summed E-state index contributed by atoms with van der Waals surface area (Å²) in [6, 6.07) is 6.24. The minimum atomic E-state index is -0.942. The van der Waals surface area contributed by atoms with Crippen LogP contribution in [0.4, 0.5) is 5.69 Å². The van der Waals surface area contributed by atoms with Crippen molar-refractivity contribution >= 4 is 5.69 Å². The Balaban J connectivity index is 2.13. The lowest BCUT2D eigenvalue weighted by Gasteiger charge is -2.39. The minimum absolute atomic E-state index is 0.673. The molecule has 26 heavy (non-hydrogen) atoms. The number of nitrogens with one attached hydrogen (secondary N) is 2. The molecule has 0 amide bonds. The van der Waals surface area contributed by atoms with Gasteiger partial charge in [-0.1, -0.05) is 37.3 Å².